The van der Waals surface area contributed by atoms with Gasteiger partial charge in [0, 0.05) is 5.69 Å². The molecule has 2 aromatic rings. The summed E-state index contributed by atoms with van der Waals surface area (Å²) in [6, 6.07) is 6.72. The Balaban J connectivity index is 2.54. The van der Waals surface area contributed by atoms with Crippen LogP contribution in [0.25, 0.3) is 5.69 Å². The van der Waals surface area contributed by atoms with Gasteiger partial charge in [0.15, 0.2) is 0 Å². The minimum Gasteiger partial charge on any atom is -0.330 e. The van der Waals surface area contributed by atoms with Crippen LogP contribution in [0, 0.1) is 19.7 Å². The van der Waals surface area contributed by atoms with Gasteiger partial charge in [0.1, 0.15) is 5.82 Å². The van der Waals surface area contributed by atoms with Crippen molar-refractivity contribution in [2.24, 2.45) is 5.73 Å². The molecule has 1 heterocycles. The van der Waals surface area contributed by atoms with Crippen molar-refractivity contribution in [3.63, 3.8) is 0 Å². The van der Waals surface area contributed by atoms with Gasteiger partial charge in [-0.1, -0.05) is 0 Å². The van der Waals surface area contributed by atoms with Crippen LogP contribution in [0.15, 0.2) is 24.3 Å². The summed E-state index contributed by atoms with van der Waals surface area (Å²) in [5.74, 6) is -0.237. The van der Waals surface area contributed by atoms with Gasteiger partial charge in [-0.3, -0.25) is 0 Å². The van der Waals surface area contributed by atoms with Crippen LogP contribution in [-0.4, -0.2) is 16.3 Å². The first kappa shape index (κ1) is 11.8. The molecule has 17 heavy (non-hydrogen) atoms. The number of nitrogens with zero attached hydrogens (tertiary/aromatic N) is 2. The summed E-state index contributed by atoms with van der Waals surface area (Å²) >= 11 is 0. The summed E-state index contributed by atoms with van der Waals surface area (Å²) < 4.78 is 15.1. The molecule has 0 radical (unpaired) electrons. The maximum atomic E-state index is 13.2. The third kappa shape index (κ3) is 2.36. The number of nitrogens with two attached hydrogens (primary N) is 1. The largest absolute Gasteiger partial charge is 0.330 e. The summed E-state index contributed by atoms with van der Waals surface area (Å²) in [6.07, 6.45) is 0.644. The van der Waals surface area contributed by atoms with Crippen molar-refractivity contribution in [1.29, 1.82) is 0 Å². The average molecular weight is 233 g/mol. The van der Waals surface area contributed by atoms with Crippen LogP contribution in [-0.2, 0) is 6.42 Å². The average Bonchev–Trinajstić information content (AvgIpc) is 2.59. The van der Waals surface area contributed by atoms with Crippen molar-refractivity contribution >= 4 is 0 Å². The van der Waals surface area contributed by atoms with Crippen LogP contribution in [0.2, 0.25) is 0 Å². The zero-order valence-corrected chi connectivity index (χ0v) is 10.1. The highest BCUT2D eigenvalue weighted by Crippen LogP contribution is 2.18. The van der Waals surface area contributed by atoms with Gasteiger partial charge < -0.3 is 5.73 Å². The molecule has 2 N–H and O–H groups in total. The Bertz CT molecular complexity index is 531. The van der Waals surface area contributed by atoms with E-state index in [0.717, 1.165) is 22.6 Å². The number of hydrogen-bond acceptors (Lipinski definition) is 2. The lowest BCUT2D eigenvalue weighted by molar-refractivity contribution is 0.623. The molecular weight excluding hydrogens is 217 g/mol. The van der Waals surface area contributed by atoms with Crippen LogP contribution in [0.5, 0.6) is 0 Å². The van der Waals surface area contributed by atoms with Gasteiger partial charge in [-0.2, -0.15) is 5.10 Å². The smallest absolute Gasteiger partial charge is 0.123 e. The summed E-state index contributed by atoms with van der Waals surface area (Å²) in [4.78, 5) is 0. The molecule has 0 unspecified atom stereocenters. The lowest BCUT2D eigenvalue weighted by atomic mass is 10.1. The minimum absolute atomic E-state index is 0.237. The van der Waals surface area contributed by atoms with E-state index in [2.05, 4.69) is 5.10 Å². The summed E-state index contributed by atoms with van der Waals surface area (Å²) in [5.41, 5.74) is 9.33. The molecule has 0 fully saturated rings. The van der Waals surface area contributed by atoms with E-state index in [1.165, 1.54) is 12.1 Å². The van der Waals surface area contributed by atoms with E-state index in [0.29, 0.717) is 13.0 Å². The molecule has 0 aliphatic heterocycles. The Morgan fingerprint density at radius 2 is 2.06 bits per heavy atom. The molecule has 0 aliphatic rings. The highest BCUT2D eigenvalue weighted by molar-refractivity contribution is 5.42. The second-order valence-corrected chi connectivity index (χ2v) is 4.15. The van der Waals surface area contributed by atoms with Gasteiger partial charge in [0.2, 0.25) is 0 Å². The number of hydrogen-bond donors (Lipinski definition) is 1. The number of rotatable bonds is 3. The van der Waals surface area contributed by atoms with E-state index in [9.17, 15) is 4.39 Å². The molecule has 0 saturated carbocycles. The standard InChI is InChI=1S/C13H16FN3/c1-9-7-10(2)17(16-9)13-4-3-12(14)8-11(13)5-6-15/h3-4,7-8H,5-6,15H2,1-2H3. The molecule has 0 saturated heterocycles. The van der Waals surface area contributed by atoms with E-state index in [1.54, 1.807) is 6.07 Å². The molecule has 1 aromatic carbocycles. The zero-order chi connectivity index (χ0) is 12.4. The fraction of sp³-hybridized carbons (Fsp3) is 0.308. The third-order valence-corrected chi connectivity index (χ3v) is 2.69. The van der Waals surface area contributed by atoms with Crippen molar-refractivity contribution in [3.05, 3.63) is 47.0 Å². The van der Waals surface area contributed by atoms with Gasteiger partial charge in [-0.25, -0.2) is 9.07 Å². The molecule has 0 aliphatic carbocycles. The quantitative estimate of drug-likeness (QED) is 0.882. The van der Waals surface area contributed by atoms with E-state index >= 15 is 0 Å². The molecule has 3 nitrogen and oxygen atoms in total. The lowest BCUT2D eigenvalue weighted by Gasteiger charge is -2.10. The monoisotopic (exact) mass is 233 g/mol. The second-order valence-electron chi connectivity index (χ2n) is 4.15. The number of aryl methyl sites for hydroxylation is 2. The van der Waals surface area contributed by atoms with E-state index < -0.39 is 0 Å². The highest BCUT2D eigenvalue weighted by atomic mass is 19.1. The van der Waals surface area contributed by atoms with Crippen molar-refractivity contribution in [3.8, 4) is 5.69 Å². The van der Waals surface area contributed by atoms with Crippen molar-refractivity contribution in [2.45, 2.75) is 20.3 Å². The number of benzene rings is 1. The van der Waals surface area contributed by atoms with Crippen LogP contribution in [0.4, 0.5) is 4.39 Å². The summed E-state index contributed by atoms with van der Waals surface area (Å²) in [5, 5.41) is 4.41. The Morgan fingerprint density at radius 3 is 2.65 bits per heavy atom. The minimum atomic E-state index is -0.237. The van der Waals surface area contributed by atoms with Crippen LogP contribution >= 0.6 is 0 Å². The number of halogens is 1. The van der Waals surface area contributed by atoms with Crippen molar-refractivity contribution in [1.82, 2.24) is 9.78 Å². The zero-order valence-electron chi connectivity index (χ0n) is 10.1. The third-order valence-electron chi connectivity index (χ3n) is 2.69. The molecule has 90 valence electrons. The Kier molecular flexibility index (Phi) is 3.24. The molecule has 0 bridgehead atoms. The Labute approximate surface area is 100 Å². The Hall–Kier alpha value is -1.68. The lowest BCUT2D eigenvalue weighted by Crippen LogP contribution is -2.09. The molecule has 0 spiro atoms. The maximum Gasteiger partial charge on any atom is 0.123 e. The first-order valence-corrected chi connectivity index (χ1v) is 5.64. The van der Waals surface area contributed by atoms with Gasteiger partial charge >= 0.3 is 0 Å². The molecule has 2 rings (SSSR count). The molecule has 1 aromatic heterocycles. The van der Waals surface area contributed by atoms with Gasteiger partial charge in [0.05, 0.1) is 11.4 Å². The summed E-state index contributed by atoms with van der Waals surface area (Å²) in [7, 11) is 0. The fourth-order valence-corrected chi connectivity index (χ4v) is 1.99. The molecule has 4 heteroatoms. The van der Waals surface area contributed by atoms with Crippen molar-refractivity contribution in [2.75, 3.05) is 6.54 Å². The van der Waals surface area contributed by atoms with Gasteiger partial charge in [-0.15, -0.1) is 0 Å². The van der Waals surface area contributed by atoms with Crippen LogP contribution < -0.4 is 5.73 Å². The maximum absolute atomic E-state index is 13.2. The van der Waals surface area contributed by atoms with E-state index in [4.69, 9.17) is 5.73 Å². The molecule has 0 atom stereocenters. The van der Waals surface area contributed by atoms with Crippen LogP contribution in [0.1, 0.15) is 17.0 Å². The van der Waals surface area contributed by atoms with Gasteiger partial charge in [-0.05, 0) is 56.6 Å². The van der Waals surface area contributed by atoms with E-state index in [-0.39, 0.29) is 5.82 Å². The highest BCUT2D eigenvalue weighted by Gasteiger charge is 2.09. The first-order valence-electron chi connectivity index (χ1n) is 5.64. The van der Waals surface area contributed by atoms with Crippen LogP contribution in [0.3, 0.4) is 0 Å². The molecule has 0 amide bonds. The predicted octanol–water partition coefficient (Wildman–Crippen LogP) is 2.13. The first-order chi connectivity index (χ1) is 8.11. The summed E-state index contributed by atoms with van der Waals surface area (Å²) in [6.45, 7) is 4.42. The van der Waals surface area contributed by atoms with Gasteiger partial charge in [0.25, 0.3) is 0 Å². The molecular formula is C13H16FN3. The second kappa shape index (κ2) is 4.67. The normalized spacial score (nSPS) is 10.8. The number of aromatic nitrogens is 2. The SMILES string of the molecule is Cc1cc(C)n(-c2ccc(F)cc2CCN)n1. The topological polar surface area (TPSA) is 43.8 Å². The fourth-order valence-electron chi connectivity index (χ4n) is 1.99. The predicted molar refractivity (Wildman–Crippen MR) is 65.8 cm³/mol. The Morgan fingerprint density at radius 1 is 1.29 bits per heavy atom. The van der Waals surface area contributed by atoms with E-state index in [1.807, 2.05) is 24.6 Å². The van der Waals surface area contributed by atoms with Crippen molar-refractivity contribution < 1.29 is 4.39 Å².